The van der Waals surface area contributed by atoms with E-state index in [1.807, 2.05) is 4.98 Å². The van der Waals surface area contributed by atoms with Crippen LogP contribution in [-0.2, 0) is 4.74 Å². The Balaban J connectivity index is 2.35. The highest BCUT2D eigenvalue weighted by Crippen LogP contribution is 2.29. The molecule has 0 spiro atoms. The van der Waals surface area contributed by atoms with Crippen molar-refractivity contribution in [3.05, 3.63) is 27.0 Å². The number of rotatable bonds is 2. The van der Waals surface area contributed by atoms with Crippen LogP contribution in [0.5, 0.6) is 0 Å². The number of alkyl halides is 1. The fraction of sp³-hybridized carbons (Fsp3) is 0.625. The van der Waals surface area contributed by atoms with Gasteiger partial charge in [0.25, 0.3) is 5.56 Å². The smallest absolute Gasteiger partial charge is 0.347 e. The SMILES string of the molecule is O=c1cnn([C@@H]2O[C@H](CO)[C@H](O)[C@@H]2F)c(=O)[nH]1. The van der Waals surface area contributed by atoms with Crippen LogP contribution in [0.3, 0.4) is 0 Å². The molecular formula is C8H10FN3O5. The van der Waals surface area contributed by atoms with E-state index in [4.69, 9.17) is 9.84 Å². The van der Waals surface area contributed by atoms with E-state index in [9.17, 15) is 19.1 Å². The third-order valence-electron chi connectivity index (χ3n) is 2.45. The minimum atomic E-state index is -1.91. The molecule has 1 saturated heterocycles. The maximum atomic E-state index is 13.6. The summed E-state index contributed by atoms with van der Waals surface area (Å²) in [4.78, 5) is 24.0. The molecule has 0 radical (unpaired) electrons. The van der Waals surface area contributed by atoms with E-state index in [2.05, 4.69) is 5.10 Å². The van der Waals surface area contributed by atoms with Crippen molar-refractivity contribution in [2.75, 3.05) is 6.61 Å². The van der Waals surface area contributed by atoms with Crippen molar-refractivity contribution in [2.24, 2.45) is 0 Å². The molecule has 0 unspecified atom stereocenters. The summed E-state index contributed by atoms with van der Waals surface area (Å²) in [5.41, 5.74) is -1.67. The average Bonchev–Trinajstić information content (AvgIpc) is 2.57. The number of nitrogens with zero attached hydrogens (tertiary/aromatic N) is 2. The molecule has 1 aliphatic heterocycles. The topological polar surface area (TPSA) is 117 Å². The first-order valence-corrected chi connectivity index (χ1v) is 4.81. The molecule has 4 atom stereocenters. The minimum absolute atomic E-state index is 0.574. The number of nitrogens with one attached hydrogen (secondary N) is 1. The minimum Gasteiger partial charge on any atom is -0.394 e. The van der Waals surface area contributed by atoms with Crippen LogP contribution in [0.1, 0.15) is 6.23 Å². The Kier molecular flexibility index (Phi) is 3.05. The Labute approximate surface area is 93.3 Å². The van der Waals surface area contributed by atoms with Crippen molar-refractivity contribution in [2.45, 2.75) is 24.6 Å². The molecule has 94 valence electrons. The number of aliphatic hydroxyl groups is 2. The molecule has 1 aromatic heterocycles. The molecule has 0 saturated carbocycles. The summed E-state index contributed by atoms with van der Waals surface area (Å²) in [5.74, 6) is 0. The van der Waals surface area contributed by atoms with Crippen LogP contribution in [0.4, 0.5) is 4.39 Å². The van der Waals surface area contributed by atoms with E-state index in [1.54, 1.807) is 0 Å². The zero-order valence-electron chi connectivity index (χ0n) is 8.49. The van der Waals surface area contributed by atoms with Gasteiger partial charge >= 0.3 is 5.69 Å². The number of hydrogen-bond acceptors (Lipinski definition) is 6. The van der Waals surface area contributed by atoms with E-state index < -0.39 is 42.5 Å². The number of aromatic nitrogens is 3. The Morgan fingerprint density at radius 3 is 2.82 bits per heavy atom. The number of hydrogen-bond donors (Lipinski definition) is 3. The summed E-state index contributed by atoms with van der Waals surface area (Å²) >= 11 is 0. The first-order valence-electron chi connectivity index (χ1n) is 4.81. The van der Waals surface area contributed by atoms with Gasteiger partial charge in [-0.15, -0.1) is 0 Å². The average molecular weight is 247 g/mol. The summed E-state index contributed by atoms with van der Waals surface area (Å²) in [5, 5.41) is 21.6. The number of H-pyrrole nitrogens is 1. The Morgan fingerprint density at radius 1 is 1.59 bits per heavy atom. The van der Waals surface area contributed by atoms with E-state index in [0.29, 0.717) is 4.68 Å². The molecule has 0 amide bonds. The van der Waals surface area contributed by atoms with Gasteiger partial charge in [-0.3, -0.25) is 9.78 Å². The van der Waals surface area contributed by atoms with Gasteiger partial charge < -0.3 is 14.9 Å². The predicted molar refractivity (Wildman–Crippen MR) is 51.0 cm³/mol. The van der Waals surface area contributed by atoms with Gasteiger partial charge in [0.15, 0.2) is 12.4 Å². The monoisotopic (exact) mass is 247 g/mol. The molecule has 1 aromatic rings. The molecule has 0 bridgehead atoms. The van der Waals surface area contributed by atoms with E-state index >= 15 is 0 Å². The number of halogens is 1. The molecule has 3 N–H and O–H groups in total. The van der Waals surface area contributed by atoms with E-state index in [-0.39, 0.29) is 0 Å². The number of aliphatic hydroxyl groups excluding tert-OH is 2. The van der Waals surface area contributed by atoms with Gasteiger partial charge in [-0.1, -0.05) is 0 Å². The second kappa shape index (κ2) is 4.35. The van der Waals surface area contributed by atoms with Crippen LogP contribution >= 0.6 is 0 Å². The van der Waals surface area contributed by atoms with Crippen molar-refractivity contribution in [1.29, 1.82) is 0 Å². The molecule has 2 rings (SSSR count). The van der Waals surface area contributed by atoms with E-state index in [1.165, 1.54) is 0 Å². The molecule has 0 aliphatic carbocycles. The van der Waals surface area contributed by atoms with Crippen LogP contribution in [-0.4, -0.2) is 50.0 Å². The maximum Gasteiger partial charge on any atom is 0.347 e. The lowest BCUT2D eigenvalue weighted by Gasteiger charge is -2.13. The molecule has 9 heteroatoms. The van der Waals surface area contributed by atoms with Gasteiger partial charge in [0.2, 0.25) is 0 Å². The van der Waals surface area contributed by atoms with Gasteiger partial charge in [-0.2, -0.15) is 9.78 Å². The van der Waals surface area contributed by atoms with Gasteiger partial charge in [0.05, 0.1) is 6.61 Å². The number of aromatic amines is 1. The van der Waals surface area contributed by atoms with Crippen molar-refractivity contribution in [1.82, 2.24) is 14.8 Å². The second-order valence-electron chi connectivity index (χ2n) is 3.57. The molecule has 17 heavy (non-hydrogen) atoms. The highest BCUT2D eigenvalue weighted by atomic mass is 19.1. The summed E-state index contributed by atoms with van der Waals surface area (Å²) in [6.45, 7) is -0.587. The van der Waals surface area contributed by atoms with Gasteiger partial charge in [-0.25, -0.2) is 9.18 Å². The summed E-state index contributed by atoms with van der Waals surface area (Å²) in [6.07, 6.45) is -5.27. The van der Waals surface area contributed by atoms with Gasteiger partial charge in [0.1, 0.15) is 18.4 Å². The van der Waals surface area contributed by atoms with Crippen molar-refractivity contribution < 1.29 is 19.3 Å². The van der Waals surface area contributed by atoms with E-state index in [0.717, 1.165) is 6.20 Å². The lowest BCUT2D eigenvalue weighted by molar-refractivity contribution is -0.0548. The van der Waals surface area contributed by atoms with Crippen LogP contribution in [0.2, 0.25) is 0 Å². The molecule has 1 fully saturated rings. The largest absolute Gasteiger partial charge is 0.394 e. The lowest BCUT2D eigenvalue weighted by Crippen LogP contribution is -2.37. The summed E-state index contributed by atoms with van der Waals surface area (Å²) in [7, 11) is 0. The molecule has 1 aliphatic rings. The van der Waals surface area contributed by atoms with Crippen LogP contribution in [0.15, 0.2) is 15.8 Å². The van der Waals surface area contributed by atoms with Crippen molar-refractivity contribution in [3.63, 3.8) is 0 Å². The quantitative estimate of drug-likeness (QED) is 0.532. The molecular weight excluding hydrogens is 237 g/mol. The van der Waals surface area contributed by atoms with Crippen molar-refractivity contribution in [3.8, 4) is 0 Å². The highest BCUT2D eigenvalue weighted by molar-refractivity contribution is 4.89. The van der Waals surface area contributed by atoms with Gasteiger partial charge in [-0.05, 0) is 0 Å². The Morgan fingerprint density at radius 2 is 2.29 bits per heavy atom. The standard InChI is InChI=1S/C8H10FN3O5/c9-5-6(15)3(2-13)17-7(5)12-8(16)11-4(14)1-10-12/h1,3,5-7,13,15H,2H2,(H,11,14,16)/t3-,5+,6+,7-/m1/s1. The van der Waals surface area contributed by atoms with Crippen LogP contribution in [0, 0.1) is 0 Å². The maximum absolute atomic E-state index is 13.6. The van der Waals surface area contributed by atoms with Crippen LogP contribution < -0.4 is 11.2 Å². The van der Waals surface area contributed by atoms with Crippen molar-refractivity contribution >= 4 is 0 Å². The molecule has 8 nitrogen and oxygen atoms in total. The Hall–Kier alpha value is -1.58. The van der Waals surface area contributed by atoms with Gasteiger partial charge in [0, 0.05) is 0 Å². The summed E-state index contributed by atoms with van der Waals surface area (Å²) < 4.78 is 19.1. The Bertz CT molecular complexity index is 514. The first-order chi connectivity index (χ1) is 8.04. The molecule has 0 aromatic carbocycles. The first kappa shape index (κ1) is 11.9. The fourth-order valence-electron chi connectivity index (χ4n) is 1.60. The molecule has 2 heterocycles. The fourth-order valence-corrected chi connectivity index (χ4v) is 1.60. The summed E-state index contributed by atoms with van der Waals surface area (Å²) in [6, 6.07) is 0. The highest BCUT2D eigenvalue weighted by Gasteiger charge is 2.45. The lowest BCUT2D eigenvalue weighted by atomic mass is 10.1. The zero-order valence-corrected chi connectivity index (χ0v) is 8.49. The number of ether oxygens (including phenoxy) is 1. The zero-order chi connectivity index (χ0) is 12.6. The normalized spacial score (nSPS) is 32.9. The second-order valence-corrected chi connectivity index (χ2v) is 3.57. The third kappa shape index (κ3) is 1.99. The predicted octanol–water partition coefficient (Wildman–Crippen LogP) is -2.48. The third-order valence-corrected chi connectivity index (χ3v) is 2.45. The van der Waals surface area contributed by atoms with Crippen LogP contribution in [0.25, 0.3) is 0 Å².